The summed E-state index contributed by atoms with van der Waals surface area (Å²) in [4.78, 5) is 16.5. The van der Waals surface area contributed by atoms with E-state index in [0.717, 1.165) is 50.9 Å². The first-order valence-corrected chi connectivity index (χ1v) is 10.4. The Morgan fingerprint density at radius 3 is 2.50 bits per heavy atom. The van der Waals surface area contributed by atoms with E-state index in [1.165, 1.54) is 15.3 Å². The number of nitrogens with one attached hydrogen (secondary N) is 2. The smallest absolute Gasteiger partial charge is 0.191 e. The van der Waals surface area contributed by atoms with Crippen molar-refractivity contribution in [1.29, 1.82) is 0 Å². The Kier molecular flexibility index (Phi) is 9.46. The van der Waals surface area contributed by atoms with E-state index in [2.05, 4.69) is 62.6 Å². The van der Waals surface area contributed by atoms with E-state index in [-0.39, 0.29) is 24.0 Å². The Labute approximate surface area is 189 Å². The number of hydrogen-bond donors (Lipinski definition) is 2. The summed E-state index contributed by atoms with van der Waals surface area (Å²) in [7, 11) is 3.98. The zero-order valence-corrected chi connectivity index (χ0v) is 20.1. The van der Waals surface area contributed by atoms with Crippen LogP contribution in [0.15, 0.2) is 35.5 Å². The summed E-state index contributed by atoms with van der Waals surface area (Å²) in [5, 5.41) is 6.84. The highest BCUT2D eigenvalue weighted by Crippen LogP contribution is 2.19. The van der Waals surface area contributed by atoms with E-state index < -0.39 is 0 Å². The molecule has 0 bridgehead atoms. The quantitative estimate of drug-likeness (QED) is 0.353. The number of aromatic nitrogens is 1. The molecule has 0 atom stereocenters. The number of anilines is 1. The van der Waals surface area contributed by atoms with Crippen molar-refractivity contribution in [2.75, 3.05) is 45.2 Å². The van der Waals surface area contributed by atoms with Crippen molar-refractivity contribution in [3.63, 3.8) is 0 Å². The number of pyridine rings is 1. The zero-order valence-electron chi connectivity index (χ0n) is 16.9. The fourth-order valence-corrected chi connectivity index (χ4v) is 4.05. The summed E-state index contributed by atoms with van der Waals surface area (Å²) in [6, 6.07) is 8.55. The molecular weight excluding hydrogens is 483 g/mol. The summed E-state index contributed by atoms with van der Waals surface area (Å²) in [5.41, 5.74) is 1.20. The first-order chi connectivity index (χ1) is 13.2. The molecule has 1 fully saturated rings. The maximum atomic E-state index is 4.65. The fourth-order valence-electron chi connectivity index (χ4n) is 3.15. The normalized spacial score (nSPS) is 15.2. The average molecular weight is 514 g/mol. The van der Waals surface area contributed by atoms with Gasteiger partial charge in [0.1, 0.15) is 5.82 Å². The molecule has 6 nitrogen and oxygen atoms in total. The Morgan fingerprint density at radius 1 is 1.11 bits per heavy atom. The number of hydrogen-bond acceptors (Lipinski definition) is 5. The van der Waals surface area contributed by atoms with Gasteiger partial charge in [0, 0.05) is 61.3 Å². The van der Waals surface area contributed by atoms with Crippen molar-refractivity contribution in [3.05, 3.63) is 45.8 Å². The van der Waals surface area contributed by atoms with E-state index in [0.29, 0.717) is 6.54 Å². The standard InChI is InChI=1S/C20H30N6S.HI/c1-4-17-7-8-18(27-17)15-24-20(21-2)23-14-16-6-5-9-22-19(16)26-12-10-25(3)11-13-26;/h5-9H,4,10-15H2,1-3H3,(H2,21,23,24);1H. The number of aryl methyl sites for hydroxylation is 1. The highest BCUT2D eigenvalue weighted by atomic mass is 127. The molecule has 0 saturated carbocycles. The molecule has 3 rings (SSSR count). The van der Waals surface area contributed by atoms with Gasteiger partial charge in [0.25, 0.3) is 0 Å². The Bertz CT molecular complexity index is 755. The van der Waals surface area contributed by atoms with Crippen LogP contribution in [0.1, 0.15) is 22.2 Å². The van der Waals surface area contributed by atoms with Gasteiger partial charge in [0.15, 0.2) is 5.96 Å². The van der Waals surface area contributed by atoms with Gasteiger partial charge in [-0.25, -0.2) is 4.98 Å². The Balaban J connectivity index is 0.00000280. The summed E-state index contributed by atoms with van der Waals surface area (Å²) < 4.78 is 0. The lowest BCUT2D eigenvalue weighted by atomic mass is 10.2. The number of piperazine rings is 1. The van der Waals surface area contributed by atoms with Crippen LogP contribution in [0, 0.1) is 0 Å². The topological polar surface area (TPSA) is 55.8 Å². The molecule has 0 radical (unpaired) electrons. The Hall–Kier alpha value is -1.39. The molecule has 1 aliphatic heterocycles. The second kappa shape index (κ2) is 11.6. The molecule has 28 heavy (non-hydrogen) atoms. The predicted molar refractivity (Wildman–Crippen MR) is 130 cm³/mol. The van der Waals surface area contributed by atoms with Gasteiger partial charge >= 0.3 is 0 Å². The van der Waals surface area contributed by atoms with Gasteiger partial charge in [0.05, 0.1) is 6.54 Å². The maximum absolute atomic E-state index is 4.65. The SMILES string of the molecule is CCc1ccc(CNC(=NC)NCc2cccnc2N2CCN(C)CC2)s1.I. The Morgan fingerprint density at radius 2 is 1.82 bits per heavy atom. The van der Waals surface area contributed by atoms with E-state index in [1.807, 2.05) is 30.6 Å². The molecule has 1 aliphatic rings. The number of likely N-dealkylation sites (N-methyl/N-ethyl adjacent to an activating group) is 1. The van der Waals surface area contributed by atoms with Gasteiger partial charge < -0.3 is 20.4 Å². The molecule has 0 amide bonds. The maximum Gasteiger partial charge on any atom is 0.191 e. The van der Waals surface area contributed by atoms with Crippen LogP contribution in [-0.2, 0) is 19.5 Å². The fraction of sp³-hybridized carbons (Fsp3) is 0.500. The lowest BCUT2D eigenvalue weighted by Gasteiger charge is -2.34. The van der Waals surface area contributed by atoms with Crippen molar-refractivity contribution < 1.29 is 0 Å². The van der Waals surface area contributed by atoms with Crippen LogP contribution < -0.4 is 15.5 Å². The number of rotatable bonds is 6. The summed E-state index contributed by atoms with van der Waals surface area (Å²) >= 11 is 1.86. The molecule has 1 saturated heterocycles. The molecule has 0 aliphatic carbocycles. The number of guanidine groups is 1. The summed E-state index contributed by atoms with van der Waals surface area (Å²) in [5.74, 6) is 1.90. The van der Waals surface area contributed by atoms with E-state index in [9.17, 15) is 0 Å². The first-order valence-electron chi connectivity index (χ1n) is 9.59. The number of nitrogens with zero attached hydrogens (tertiary/aromatic N) is 4. The molecular formula is C20H31IN6S. The molecule has 0 spiro atoms. The van der Waals surface area contributed by atoms with Gasteiger partial charge in [-0.3, -0.25) is 4.99 Å². The second-order valence-electron chi connectivity index (χ2n) is 6.78. The van der Waals surface area contributed by atoms with Crippen LogP contribution in [0.2, 0.25) is 0 Å². The van der Waals surface area contributed by atoms with Gasteiger partial charge in [-0.05, 0) is 31.7 Å². The molecule has 0 unspecified atom stereocenters. The predicted octanol–water partition coefficient (Wildman–Crippen LogP) is 2.94. The van der Waals surface area contributed by atoms with Gasteiger partial charge in [-0.15, -0.1) is 35.3 Å². The van der Waals surface area contributed by atoms with Crippen LogP contribution in [0.3, 0.4) is 0 Å². The van der Waals surface area contributed by atoms with E-state index >= 15 is 0 Å². The van der Waals surface area contributed by atoms with Gasteiger partial charge in [-0.2, -0.15) is 0 Å². The molecule has 0 aromatic carbocycles. The van der Waals surface area contributed by atoms with Gasteiger partial charge in [-0.1, -0.05) is 13.0 Å². The van der Waals surface area contributed by atoms with Crippen molar-refractivity contribution >= 4 is 47.1 Å². The highest BCUT2D eigenvalue weighted by molar-refractivity contribution is 14.0. The number of aliphatic imine (C=N–C) groups is 1. The lowest BCUT2D eigenvalue weighted by molar-refractivity contribution is 0.312. The summed E-state index contributed by atoms with van der Waals surface area (Å²) in [6.45, 7) is 7.88. The second-order valence-corrected chi connectivity index (χ2v) is 8.03. The molecule has 8 heteroatoms. The average Bonchev–Trinajstić information content (AvgIpc) is 3.17. The van der Waals surface area contributed by atoms with E-state index in [4.69, 9.17) is 0 Å². The van der Waals surface area contributed by atoms with Crippen LogP contribution in [-0.4, -0.2) is 56.1 Å². The minimum absolute atomic E-state index is 0. The monoisotopic (exact) mass is 514 g/mol. The molecule has 2 N–H and O–H groups in total. The van der Waals surface area contributed by atoms with Crippen LogP contribution in [0.5, 0.6) is 0 Å². The van der Waals surface area contributed by atoms with Crippen molar-refractivity contribution in [2.24, 2.45) is 4.99 Å². The van der Waals surface area contributed by atoms with E-state index in [1.54, 1.807) is 0 Å². The third-order valence-corrected chi connectivity index (χ3v) is 6.07. The van der Waals surface area contributed by atoms with Crippen molar-refractivity contribution in [3.8, 4) is 0 Å². The summed E-state index contributed by atoms with van der Waals surface area (Å²) in [6.07, 6.45) is 2.97. The lowest BCUT2D eigenvalue weighted by Crippen LogP contribution is -2.45. The number of halogens is 1. The molecule has 154 valence electrons. The molecule has 2 aromatic heterocycles. The minimum Gasteiger partial charge on any atom is -0.354 e. The molecule has 3 heterocycles. The van der Waals surface area contributed by atoms with Crippen LogP contribution in [0.25, 0.3) is 0 Å². The third-order valence-electron chi connectivity index (χ3n) is 4.84. The van der Waals surface area contributed by atoms with Crippen LogP contribution in [0.4, 0.5) is 5.82 Å². The van der Waals surface area contributed by atoms with Crippen LogP contribution >= 0.6 is 35.3 Å². The third kappa shape index (κ3) is 6.31. The zero-order chi connectivity index (χ0) is 19.1. The van der Waals surface area contributed by atoms with Gasteiger partial charge in [0.2, 0.25) is 0 Å². The minimum atomic E-state index is 0. The van der Waals surface area contributed by atoms with Crippen molar-refractivity contribution in [1.82, 2.24) is 20.5 Å². The highest BCUT2D eigenvalue weighted by Gasteiger charge is 2.18. The molecule has 2 aromatic rings. The van der Waals surface area contributed by atoms with Crippen molar-refractivity contribution in [2.45, 2.75) is 26.4 Å². The first kappa shape index (κ1) is 22.9. The largest absolute Gasteiger partial charge is 0.354 e. The number of thiophene rings is 1.